The topological polar surface area (TPSA) is 93.2 Å². The fraction of sp³-hybridized carbons (Fsp3) is 0.348. The van der Waals surface area contributed by atoms with Gasteiger partial charge in [0.1, 0.15) is 17.5 Å². The Hall–Kier alpha value is -3.53. The van der Waals surface area contributed by atoms with Gasteiger partial charge in [0.25, 0.3) is 11.9 Å². The molecule has 9 nitrogen and oxygen atoms in total. The number of pyridine rings is 1. The summed E-state index contributed by atoms with van der Waals surface area (Å²) < 4.78 is 20.5. The van der Waals surface area contributed by atoms with E-state index in [1.54, 1.807) is 44.3 Å². The zero-order valence-electron chi connectivity index (χ0n) is 18.8. The summed E-state index contributed by atoms with van der Waals surface area (Å²) in [5.74, 6) is -0.0422. The second kappa shape index (κ2) is 8.68. The van der Waals surface area contributed by atoms with Gasteiger partial charge in [-0.1, -0.05) is 28.9 Å². The molecule has 1 aliphatic heterocycles. The summed E-state index contributed by atoms with van der Waals surface area (Å²) in [6.45, 7) is 5.23. The molecule has 1 aromatic carbocycles. The van der Waals surface area contributed by atoms with Crippen molar-refractivity contribution in [2.75, 3.05) is 37.8 Å². The molecule has 0 aliphatic carbocycles. The van der Waals surface area contributed by atoms with Crippen molar-refractivity contribution in [1.29, 1.82) is 0 Å². The van der Waals surface area contributed by atoms with Gasteiger partial charge >= 0.3 is 0 Å². The maximum Gasteiger partial charge on any atom is 0.300 e. The second-order valence-corrected chi connectivity index (χ2v) is 9.19. The molecule has 1 aliphatic rings. The third-order valence-electron chi connectivity index (χ3n) is 5.91. The zero-order valence-corrected chi connectivity index (χ0v) is 19.5. The molecule has 0 saturated carbocycles. The number of piperazine rings is 1. The number of carbonyl (C=O) groups is 1. The van der Waals surface area contributed by atoms with Gasteiger partial charge in [-0.15, -0.1) is 5.10 Å². The van der Waals surface area contributed by atoms with Crippen LogP contribution >= 0.6 is 11.6 Å². The minimum atomic E-state index is -0.759. The number of hydrogen-bond donors (Lipinski definition) is 0. The Kier molecular flexibility index (Phi) is 5.68. The summed E-state index contributed by atoms with van der Waals surface area (Å²) in [5, 5.41) is 8.54. The van der Waals surface area contributed by atoms with E-state index in [-0.39, 0.29) is 5.91 Å². The predicted molar refractivity (Wildman–Crippen MR) is 126 cm³/mol. The van der Waals surface area contributed by atoms with Gasteiger partial charge in [-0.2, -0.15) is 4.98 Å². The molecule has 0 unspecified atom stereocenters. The molecule has 4 heterocycles. The smallest absolute Gasteiger partial charge is 0.300 e. The zero-order chi connectivity index (χ0) is 23.9. The molecule has 5 rings (SSSR count). The van der Waals surface area contributed by atoms with Crippen LogP contribution < -0.4 is 4.90 Å². The van der Waals surface area contributed by atoms with E-state index in [4.69, 9.17) is 16.0 Å². The molecule has 34 heavy (non-hydrogen) atoms. The van der Waals surface area contributed by atoms with Crippen molar-refractivity contribution in [2.24, 2.45) is 0 Å². The molecule has 1 amide bonds. The van der Waals surface area contributed by atoms with E-state index in [0.717, 1.165) is 5.56 Å². The number of amides is 1. The first-order valence-electron chi connectivity index (χ1n) is 10.9. The molecule has 0 bridgehead atoms. The number of benzene rings is 1. The second-order valence-electron chi connectivity index (χ2n) is 8.80. The molecular formula is C23H23ClFN7O2. The summed E-state index contributed by atoms with van der Waals surface area (Å²) in [5.41, 5.74) is 2.32. The lowest BCUT2D eigenvalue weighted by Crippen LogP contribution is -2.48. The van der Waals surface area contributed by atoms with Crippen molar-refractivity contribution >= 4 is 34.8 Å². The van der Waals surface area contributed by atoms with Crippen LogP contribution in [0, 0.1) is 0 Å². The minimum Gasteiger partial charge on any atom is -0.422 e. The number of nitrogens with zero attached hydrogens (tertiary/aromatic N) is 7. The average Bonchev–Trinajstić information content (AvgIpc) is 3.52. The number of aromatic nitrogens is 5. The Labute approximate surface area is 200 Å². The van der Waals surface area contributed by atoms with Crippen molar-refractivity contribution < 1.29 is 13.6 Å². The van der Waals surface area contributed by atoms with E-state index in [2.05, 4.69) is 20.3 Å². The summed E-state index contributed by atoms with van der Waals surface area (Å²) in [6, 6.07) is 11.1. The van der Waals surface area contributed by atoms with E-state index in [0.29, 0.717) is 59.8 Å². The van der Waals surface area contributed by atoms with E-state index in [9.17, 15) is 9.18 Å². The fourth-order valence-corrected chi connectivity index (χ4v) is 3.88. The first kappa shape index (κ1) is 22.3. The number of rotatable bonds is 5. The minimum absolute atomic E-state index is 0.0422. The largest absolute Gasteiger partial charge is 0.422 e. The van der Waals surface area contributed by atoms with Crippen LogP contribution in [0.4, 0.5) is 10.4 Å². The molecule has 11 heteroatoms. The van der Waals surface area contributed by atoms with Crippen LogP contribution in [0.3, 0.4) is 0 Å². The average molecular weight is 484 g/mol. The molecule has 0 radical (unpaired) electrons. The maximum absolute atomic E-state index is 13.2. The highest BCUT2D eigenvalue weighted by Gasteiger charge is 2.26. The summed E-state index contributed by atoms with van der Waals surface area (Å²) in [7, 11) is 0. The fourth-order valence-electron chi connectivity index (χ4n) is 3.74. The summed E-state index contributed by atoms with van der Waals surface area (Å²) in [4.78, 5) is 25.4. The highest BCUT2D eigenvalue weighted by molar-refractivity contribution is 6.29. The molecule has 3 aromatic heterocycles. The maximum atomic E-state index is 13.2. The lowest BCUT2D eigenvalue weighted by molar-refractivity contribution is 0.0745. The molecule has 1 saturated heterocycles. The van der Waals surface area contributed by atoms with Gasteiger partial charge in [0, 0.05) is 37.3 Å². The number of oxazole rings is 1. The van der Waals surface area contributed by atoms with Crippen molar-refractivity contribution in [1.82, 2.24) is 29.9 Å². The number of halogens is 2. The molecule has 176 valence electrons. The van der Waals surface area contributed by atoms with Crippen LogP contribution in [0.1, 0.15) is 24.2 Å². The number of anilines is 1. The van der Waals surface area contributed by atoms with Crippen LogP contribution in [0.5, 0.6) is 0 Å². The van der Waals surface area contributed by atoms with Gasteiger partial charge < -0.3 is 14.2 Å². The van der Waals surface area contributed by atoms with Crippen LogP contribution in [0.25, 0.3) is 22.5 Å². The molecule has 0 atom stereocenters. The lowest BCUT2D eigenvalue weighted by Gasteiger charge is -2.33. The quantitative estimate of drug-likeness (QED) is 0.398. The lowest BCUT2D eigenvalue weighted by atomic mass is 10.1. The van der Waals surface area contributed by atoms with Crippen molar-refractivity contribution in [2.45, 2.75) is 19.4 Å². The van der Waals surface area contributed by atoms with E-state index < -0.39 is 12.2 Å². The Bertz CT molecular complexity index is 1330. The van der Waals surface area contributed by atoms with Gasteiger partial charge in [0.15, 0.2) is 5.58 Å². The molecule has 0 spiro atoms. The molecule has 1 fully saturated rings. The van der Waals surface area contributed by atoms with Crippen LogP contribution in [0.15, 0.2) is 47.0 Å². The van der Waals surface area contributed by atoms with Crippen LogP contribution in [0.2, 0.25) is 5.15 Å². The van der Waals surface area contributed by atoms with E-state index in [1.807, 2.05) is 21.9 Å². The van der Waals surface area contributed by atoms with Gasteiger partial charge in [-0.3, -0.25) is 4.79 Å². The van der Waals surface area contributed by atoms with Gasteiger partial charge in [-0.25, -0.2) is 14.1 Å². The third-order valence-corrected chi connectivity index (χ3v) is 6.12. The van der Waals surface area contributed by atoms with Crippen molar-refractivity contribution in [3.8, 4) is 11.3 Å². The first-order chi connectivity index (χ1) is 16.3. The first-order valence-corrected chi connectivity index (χ1v) is 11.3. The number of fused-ring (bicyclic) bond motifs is 1. The van der Waals surface area contributed by atoms with E-state index in [1.165, 1.54) is 4.68 Å². The number of carbonyl (C=O) groups excluding carboxylic acids is 1. The highest BCUT2D eigenvalue weighted by atomic mass is 35.5. The highest BCUT2D eigenvalue weighted by Crippen LogP contribution is 2.24. The normalized spacial score (nSPS) is 14.7. The Balaban J connectivity index is 1.23. The SMILES string of the molecule is CC(C)(CF)n1cc(-c2ccc(C(=O)N3CCN(c4nc5nc(Cl)ccc5o4)CC3)cc2)nn1. The monoisotopic (exact) mass is 483 g/mol. The molecule has 4 aromatic rings. The Morgan fingerprint density at radius 3 is 2.53 bits per heavy atom. The Morgan fingerprint density at radius 2 is 1.82 bits per heavy atom. The summed E-state index contributed by atoms with van der Waals surface area (Å²) >= 11 is 5.92. The van der Waals surface area contributed by atoms with Crippen LogP contribution in [-0.4, -0.2) is 68.6 Å². The predicted octanol–water partition coefficient (Wildman–Crippen LogP) is 3.80. The van der Waals surface area contributed by atoms with Crippen LogP contribution in [-0.2, 0) is 5.54 Å². The van der Waals surface area contributed by atoms with E-state index >= 15 is 0 Å². The van der Waals surface area contributed by atoms with Gasteiger partial charge in [0.05, 0.1) is 11.7 Å². The standard InChI is InChI=1S/C23H23ClFN7O2/c1-23(2,14-25)32-13-17(28-29-32)15-3-5-16(6-4-15)21(33)30-9-11-31(12-10-30)22-27-20-18(34-22)7-8-19(24)26-20/h3-8,13H,9-12,14H2,1-2H3. The summed E-state index contributed by atoms with van der Waals surface area (Å²) in [6.07, 6.45) is 1.71. The van der Waals surface area contributed by atoms with Crippen molar-refractivity contribution in [3.05, 3.63) is 53.3 Å². The molecular weight excluding hydrogens is 461 g/mol. The van der Waals surface area contributed by atoms with Gasteiger partial charge in [-0.05, 0) is 38.1 Å². The molecule has 0 N–H and O–H groups in total. The van der Waals surface area contributed by atoms with Gasteiger partial charge in [0.2, 0.25) is 5.65 Å². The third kappa shape index (κ3) is 4.21. The van der Waals surface area contributed by atoms with Crippen molar-refractivity contribution in [3.63, 3.8) is 0 Å². The number of hydrogen-bond acceptors (Lipinski definition) is 7. The number of alkyl halides is 1. The Morgan fingerprint density at radius 1 is 1.09 bits per heavy atom.